The molecule has 1 heterocycles. The Morgan fingerprint density at radius 3 is 2.86 bits per heavy atom. The van der Waals surface area contributed by atoms with Gasteiger partial charge in [-0.1, -0.05) is 0 Å². The molecule has 4 nitrogen and oxygen atoms in total. The van der Waals surface area contributed by atoms with E-state index in [2.05, 4.69) is 9.72 Å². The molecule has 0 aromatic carbocycles. The summed E-state index contributed by atoms with van der Waals surface area (Å²) in [5, 5.41) is 9.79. The van der Waals surface area contributed by atoms with Crippen molar-refractivity contribution in [2.75, 3.05) is 7.11 Å². The zero-order chi connectivity index (χ0) is 10.2. The minimum atomic E-state index is -1.05. The number of methoxy groups -OCH3 is 1. The number of hydrogen-bond donors (Lipinski definition) is 2. The van der Waals surface area contributed by atoms with Crippen molar-refractivity contribution in [3.8, 4) is 0 Å². The molecular weight excluding hydrogens is 182 g/mol. The van der Waals surface area contributed by atoms with E-state index in [1.165, 1.54) is 7.11 Å². The normalized spacial score (nSPS) is 20.1. The predicted molar refractivity (Wildman–Crippen MR) is 49.7 cm³/mol. The maximum absolute atomic E-state index is 11.2. The summed E-state index contributed by atoms with van der Waals surface area (Å²) in [6, 6.07) is 3.75. The van der Waals surface area contributed by atoms with Crippen LogP contribution in [-0.4, -0.2) is 29.3 Å². The number of rotatable bonds is 3. The first-order valence-electron chi connectivity index (χ1n) is 4.60. The van der Waals surface area contributed by atoms with Crippen molar-refractivity contribution in [1.29, 1.82) is 0 Å². The minimum Gasteiger partial charge on any atom is -0.467 e. The Bertz CT molecular complexity index is 327. The SMILES string of the molecule is COC(=O)C(O)C1(c2ccc[nH]2)CC1. The third-order valence-corrected chi connectivity index (χ3v) is 2.87. The number of aliphatic hydroxyl groups excluding tert-OH is 1. The largest absolute Gasteiger partial charge is 0.467 e. The summed E-state index contributed by atoms with van der Waals surface area (Å²) < 4.78 is 4.53. The van der Waals surface area contributed by atoms with E-state index in [9.17, 15) is 9.90 Å². The van der Waals surface area contributed by atoms with E-state index in [1.807, 2.05) is 12.1 Å². The van der Waals surface area contributed by atoms with Gasteiger partial charge in [-0.15, -0.1) is 0 Å². The van der Waals surface area contributed by atoms with Crippen molar-refractivity contribution in [2.45, 2.75) is 24.4 Å². The fourth-order valence-corrected chi connectivity index (χ4v) is 1.80. The molecule has 1 atom stereocenters. The Hall–Kier alpha value is -1.29. The average molecular weight is 195 g/mol. The number of aliphatic hydroxyl groups is 1. The summed E-state index contributed by atoms with van der Waals surface area (Å²) >= 11 is 0. The maximum Gasteiger partial charge on any atom is 0.335 e. The van der Waals surface area contributed by atoms with Gasteiger partial charge in [-0.2, -0.15) is 0 Å². The lowest BCUT2D eigenvalue weighted by Crippen LogP contribution is -2.35. The zero-order valence-electron chi connectivity index (χ0n) is 7.99. The fraction of sp³-hybridized carbons (Fsp3) is 0.500. The van der Waals surface area contributed by atoms with Crippen LogP contribution in [0.2, 0.25) is 0 Å². The highest BCUT2D eigenvalue weighted by Gasteiger charge is 2.54. The van der Waals surface area contributed by atoms with Crippen molar-refractivity contribution < 1.29 is 14.6 Å². The molecule has 1 saturated carbocycles. The molecule has 1 aliphatic carbocycles. The Kier molecular flexibility index (Phi) is 2.07. The van der Waals surface area contributed by atoms with E-state index in [0.29, 0.717) is 0 Å². The molecule has 1 fully saturated rings. The molecular formula is C10H13NO3. The van der Waals surface area contributed by atoms with E-state index in [-0.39, 0.29) is 0 Å². The van der Waals surface area contributed by atoms with Crippen LogP contribution in [0.1, 0.15) is 18.5 Å². The molecule has 1 aromatic rings. The molecule has 76 valence electrons. The molecule has 1 aliphatic rings. The highest BCUT2D eigenvalue weighted by molar-refractivity contribution is 5.77. The summed E-state index contributed by atoms with van der Waals surface area (Å²) in [6.07, 6.45) is 2.39. The van der Waals surface area contributed by atoms with Crippen LogP contribution in [0.3, 0.4) is 0 Å². The monoisotopic (exact) mass is 195 g/mol. The molecule has 0 spiro atoms. The van der Waals surface area contributed by atoms with Crippen LogP contribution in [0.5, 0.6) is 0 Å². The van der Waals surface area contributed by atoms with Crippen LogP contribution in [-0.2, 0) is 14.9 Å². The molecule has 2 N–H and O–H groups in total. The first-order chi connectivity index (χ1) is 6.70. The number of carbonyl (C=O) groups excluding carboxylic acids is 1. The number of esters is 1. The van der Waals surface area contributed by atoms with Crippen LogP contribution in [0.25, 0.3) is 0 Å². The van der Waals surface area contributed by atoms with E-state index >= 15 is 0 Å². The maximum atomic E-state index is 11.2. The van der Waals surface area contributed by atoms with Crippen LogP contribution in [0, 0.1) is 0 Å². The van der Waals surface area contributed by atoms with Crippen LogP contribution in [0.4, 0.5) is 0 Å². The second-order valence-electron chi connectivity index (χ2n) is 3.67. The Balaban J connectivity index is 2.21. The van der Waals surface area contributed by atoms with E-state index in [1.54, 1.807) is 6.20 Å². The van der Waals surface area contributed by atoms with Gasteiger partial charge < -0.3 is 14.8 Å². The quantitative estimate of drug-likeness (QED) is 0.693. The van der Waals surface area contributed by atoms with Gasteiger partial charge in [0.05, 0.1) is 7.11 Å². The smallest absolute Gasteiger partial charge is 0.335 e. The lowest BCUT2D eigenvalue weighted by atomic mass is 9.95. The number of carbonyl (C=O) groups is 1. The molecule has 0 bridgehead atoms. The molecule has 0 amide bonds. The first kappa shape index (κ1) is 9.27. The molecule has 1 aromatic heterocycles. The van der Waals surface area contributed by atoms with E-state index < -0.39 is 17.5 Å². The number of aromatic nitrogens is 1. The van der Waals surface area contributed by atoms with Gasteiger partial charge in [0.1, 0.15) is 0 Å². The minimum absolute atomic E-state index is 0.420. The second-order valence-corrected chi connectivity index (χ2v) is 3.67. The standard InChI is InChI=1S/C10H13NO3/c1-14-9(13)8(12)10(4-5-10)7-3-2-6-11-7/h2-3,6,8,11-12H,4-5H2,1H3. The second kappa shape index (κ2) is 3.13. The molecule has 4 heteroatoms. The summed E-state index contributed by atoms with van der Waals surface area (Å²) in [5.74, 6) is -0.558. The van der Waals surface area contributed by atoms with Crippen molar-refractivity contribution in [3.05, 3.63) is 24.0 Å². The first-order valence-corrected chi connectivity index (χ1v) is 4.60. The number of aromatic amines is 1. The number of ether oxygens (including phenoxy) is 1. The Labute approximate surface area is 81.9 Å². The van der Waals surface area contributed by atoms with Crippen LogP contribution < -0.4 is 0 Å². The van der Waals surface area contributed by atoms with Gasteiger partial charge in [-0.3, -0.25) is 0 Å². The van der Waals surface area contributed by atoms with Gasteiger partial charge in [0.15, 0.2) is 6.10 Å². The summed E-state index contributed by atoms with van der Waals surface area (Å²) in [4.78, 5) is 14.2. The summed E-state index contributed by atoms with van der Waals surface area (Å²) in [7, 11) is 1.29. The van der Waals surface area contributed by atoms with Crippen molar-refractivity contribution in [3.63, 3.8) is 0 Å². The third kappa shape index (κ3) is 1.23. The summed E-state index contributed by atoms with van der Waals surface area (Å²) in [5.41, 5.74) is 0.492. The highest BCUT2D eigenvalue weighted by Crippen LogP contribution is 2.50. The Morgan fingerprint density at radius 1 is 1.71 bits per heavy atom. The molecule has 0 radical (unpaired) electrons. The molecule has 1 unspecified atom stereocenters. The van der Waals surface area contributed by atoms with E-state index in [4.69, 9.17) is 0 Å². The topological polar surface area (TPSA) is 62.3 Å². The molecule has 0 saturated heterocycles. The molecule has 2 rings (SSSR count). The van der Waals surface area contributed by atoms with Gasteiger partial charge in [-0.25, -0.2) is 4.79 Å². The average Bonchev–Trinajstić information content (AvgIpc) is 2.84. The lowest BCUT2D eigenvalue weighted by molar-refractivity contribution is -0.152. The zero-order valence-corrected chi connectivity index (χ0v) is 7.99. The van der Waals surface area contributed by atoms with Gasteiger partial charge in [0, 0.05) is 17.3 Å². The van der Waals surface area contributed by atoms with Crippen LogP contribution in [0.15, 0.2) is 18.3 Å². The van der Waals surface area contributed by atoms with Crippen molar-refractivity contribution in [2.24, 2.45) is 0 Å². The predicted octanol–water partition coefficient (Wildman–Crippen LogP) is 0.580. The number of hydrogen-bond acceptors (Lipinski definition) is 3. The van der Waals surface area contributed by atoms with Crippen molar-refractivity contribution in [1.82, 2.24) is 4.98 Å². The van der Waals surface area contributed by atoms with Gasteiger partial charge in [0.25, 0.3) is 0 Å². The van der Waals surface area contributed by atoms with E-state index in [0.717, 1.165) is 18.5 Å². The van der Waals surface area contributed by atoms with Gasteiger partial charge >= 0.3 is 5.97 Å². The number of H-pyrrole nitrogens is 1. The summed E-state index contributed by atoms with van der Waals surface area (Å²) in [6.45, 7) is 0. The highest BCUT2D eigenvalue weighted by atomic mass is 16.5. The third-order valence-electron chi connectivity index (χ3n) is 2.87. The van der Waals surface area contributed by atoms with Gasteiger partial charge in [-0.05, 0) is 25.0 Å². The fourth-order valence-electron chi connectivity index (χ4n) is 1.80. The lowest BCUT2D eigenvalue weighted by Gasteiger charge is -2.18. The Morgan fingerprint density at radius 2 is 2.43 bits per heavy atom. The van der Waals surface area contributed by atoms with Gasteiger partial charge in [0.2, 0.25) is 0 Å². The van der Waals surface area contributed by atoms with Crippen LogP contribution >= 0.6 is 0 Å². The van der Waals surface area contributed by atoms with Crippen molar-refractivity contribution >= 4 is 5.97 Å². The molecule has 14 heavy (non-hydrogen) atoms. The number of nitrogens with one attached hydrogen (secondary N) is 1. The molecule has 0 aliphatic heterocycles.